The van der Waals surface area contributed by atoms with Crippen LogP contribution in [-0.4, -0.2) is 53.5 Å². The SMILES string of the molecule is O=C(CCCn1nnc2cc(S(=O)(=O)N3CCCCC3)ccc21)Nc1ccc2c(c1)OCO2. The maximum atomic E-state index is 12.9. The largest absolute Gasteiger partial charge is 0.454 e. The fraction of sp³-hybridized carbons (Fsp3) is 0.409. The lowest BCUT2D eigenvalue weighted by Gasteiger charge is -2.25. The molecule has 0 aliphatic carbocycles. The number of hydrogen-bond acceptors (Lipinski definition) is 7. The van der Waals surface area contributed by atoms with E-state index < -0.39 is 10.0 Å². The lowest BCUT2D eigenvalue weighted by Crippen LogP contribution is -2.35. The van der Waals surface area contributed by atoms with Gasteiger partial charge in [0.1, 0.15) is 5.52 Å². The molecular formula is C22H25N5O5S. The molecule has 0 spiro atoms. The van der Waals surface area contributed by atoms with Crippen molar-refractivity contribution in [3.8, 4) is 11.5 Å². The Kier molecular flexibility index (Phi) is 5.90. The maximum absolute atomic E-state index is 12.9. The lowest BCUT2D eigenvalue weighted by molar-refractivity contribution is -0.116. The summed E-state index contributed by atoms with van der Waals surface area (Å²) in [5, 5.41) is 11.1. The number of fused-ring (bicyclic) bond motifs is 2. The van der Waals surface area contributed by atoms with Gasteiger partial charge in [-0.2, -0.15) is 4.31 Å². The van der Waals surface area contributed by atoms with Gasteiger partial charge in [0.2, 0.25) is 22.7 Å². The van der Waals surface area contributed by atoms with E-state index in [0.717, 1.165) is 24.8 Å². The van der Waals surface area contributed by atoms with Crippen LogP contribution in [-0.2, 0) is 21.4 Å². The van der Waals surface area contributed by atoms with Crippen molar-refractivity contribution >= 4 is 32.7 Å². The van der Waals surface area contributed by atoms with Crippen LogP contribution >= 0.6 is 0 Å². The normalized spacial score (nSPS) is 16.2. The number of rotatable bonds is 7. The summed E-state index contributed by atoms with van der Waals surface area (Å²) >= 11 is 0. The number of nitrogens with zero attached hydrogens (tertiary/aromatic N) is 4. The van der Waals surface area contributed by atoms with Crippen molar-refractivity contribution in [3.63, 3.8) is 0 Å². The molecule has 2 aliphatic heterocycles. The lowest BCUT2D eigenvalue weighted by atomic mass is 10.2. The minimum absolute atomic E-state index is 0.117. The van der Waals surface area contributed by atoms with E-state index in [1.54, 1.807) is 45.4 Å². The van der Waals surface area contributed by atoms with E-state index in [1.165, 1.54) is 0 Å². The number of hydrogen-bond donors (Lipinski definition) is 1. The van der Waals surface area contributed by atoms with Crippen molar-refractivity contribution in [3.05, 3.63) is 36.4 Å². The standard InChI is InChI=1S/C22H25N5O5S/c28-22(23-16-6-9-20-21(13-16)32-15-31-20)5-4-12-27-19-8-7-17(14-18(19)24-25-27)33(29,30)26-10-2-1-3-11-26/h6-9,13-14H,1-5,10-12,15H2,(H,23,28). The average Bonchev–Trinajstić information content (AvgIpc) is 3.46. The minimum Gasteiger partial charge on any atom is -0.454 e. The molecule has 0 saturated carbocycles. The van der Waals surface area contributed by atoms with Crippen LogP contribution < -0.4 is 14.8 Å². The van der Waals surface area contributed by atoms with E-state index in [-0.39, 0.29) is 17.6 Å². The summed E-state index contributed by atoms with van der Waals surface area (Å²) in [6.45, 7) is 1.79. The smallest absolute Gasteiger partial charge is 0.243 e. The molecule has 1 N–H and O–H groups in total. The van der Waals surface area contributed by atoms with Crippen molar-refractivity contribution < 1.29 is 22.7 Å². The van der Waals surface area contributed by atoms with Crippen molar-refractivity contribution in [1.29, 1.82) is 0 Å². The van der Waals surface area contributed by atoms with Gasteiger partial charge in [-0.05, 0) is 49.6 Å². The molecule has 0 atom stereocenters. The molecular weight excluding hydrogens is 446 g/mol. The van der Waals surface area contributed by atoms with Gasteiger partial charge in [-0.25, -0.2) is 13.1 Å². The highest BCUT2D eigenvalue weighted by Gasteiger charge is 2.26. The van der Waals surface area contributed by atoms with E-state index in [1.807, 2.05) is 0 Å². The number of piperidine rings is 1. The molecule has 1 aromatic heterocycles. The zero-order valence-corrected chi connectivity index (χ0v) is 18.9. The first kappa shape index (κ1) is 21.7. The third-order valence-corrected chi connectivity index (χ3v) is 7.76. The monoisotopic (exact) mass is 471 g/mol. The van der Waals surface area contributed by atoms with Crippen molar-refractivity contribution in [2.45, 2.75) is 43.5 Å². The van der Waals surface area contributed by atoms with Gasteiger partial charge in [0.05, 0.1) is 10.4 Å². The van der Waals surface area contributed by atoms with Crippen molar-refractivity contribution in [1.82, 2.24) is 19.3 Å². The summed E-state index contributed by atoms with van der Waals surface area (Å²) in [6, 6.07) is 10.2. The Morgan fingerprint density at radius 1 is 1.03 bits per heavy atom. The summed E-state index contributed by atoms with van der Waals surface area (Å²) in [5.74, 6) is 1.16. The van der Waals surface area contributed by atoms with Gasteiger partial charge in [0.25, 0.3) is 0 Å². The number of aromatic nitrogens is 3. The second-order valence-corrected chi connectivity index (χ2v) is 10.1. The molecule has 3 heterocycles. The van der Waals surface area contributed by atoms with Crippen molar-refractivity contribution in [2.24, 2.45) is 0 Å². The average molecular weight is 472 g/mol. The number of carbonyl (C=O) groups excluding carboxylic acids is 1. The maximum Gasteiger partial charge on any atom is 0.243 e. The predicted molar refractivity (Wildman–Crippen MR) is 121 cm³/mol. The molecule has 0 radical (unpaired) electrons. The minimum atomic E-state index is -3.52. The van der Waals surface area contributed by atoms with Gasteiger partial charge in [0.15, 0.2) is 11.5 Å². The molecule has 33 heavy (non-hydrogen) atoms. The number of ether oxygens (including phenoxy) is 2. The van der Waals surface area contributed by atoms with Crippen LogP contribution in [0, 0.1) is 0 Å². The van der Waals surface area contributed by atoms with E-state index in [4.69, 9.17) is 9.47 Å². The van der Waals surface area contributed by atoms with E-state index in [9.17, 15) is 13.2 Å². The van der Waals surface area contributed by atoms with Gasteiger partial charge in [-0.3, -0.25) is 4.79 Å². The molecule has 11 heteroatoms. The van der Waals surface area contributed by atoms with Crippen LogP contribution in [0.4, 0.5) is 5.69 Å². The van der Waals surface area contributed by atoms with Gasteiger partial charge >= 0.3 is 0 Å². The Labute approximate surface area is 191 Å². The van der Waals surface area contributed by atoms with Crippen LogP contribution in [0.1, 0.15) is 32.1 Å². The number of nitrogens with one attached hydrogen (secondary N) is 1. The molecule has 0 bridgehead atoms. The topological polar surface area (TPSA) is 116 Å². The second kappa shape index (κ2) is 8.99. The van der Waals surface area contributed by atoms with E-state index in [2.05, 4.69) is 15.6 Å². The summed E-state index contributed by atoms with van der Waals surface area (Å²) in [5.41, 5.74) is 1.92. The zero-order valence-electron chi connectivity index (χ0n) is 18.1. The molecule has 3 aromatic rings. The molecule has 10 nitrogen and oxygen atoms in total. The van der Waals surface area contributed by atoms with Crippen LogP contribution in [0.2, 0.25) is 0 Å². The molecule has 0 unspecified atom stereocenters. The van der Waals surface area contributed by atoms with Crippen LogP contribution in [0.25, 0.3) is 11.0 Å². The molecule has 1 saturated heterocycles. The zero-order chi connectivity index (χ0) is 22.8. The number of sulfonamides is 1. The second-order valence-electron chi connectivity index (χ2n) is 8.15. The Balaban J connectivity index is 1.19. The molecule has 174 valence electrons. The molecule has 5 rings (SSSR count). The molecule has 2 aromatic carbocycles. The van der Waals surface area contributed by atoms with Gasteiger partial charge in [-0.15, -0.1) is 5.10 Å². The van der Waals surface area contributed by atoms with Crippen molar-refractivity contribution in [2.75, 3.05) is 25.2 Å². The molecule has 1 amide bonds. The third kappa shape index (κ3) is 4.51. The fourth-order valence-corrected chi connectivity index (χ4v) is 5.66. The number of amides is 1. The quantitative estimate of drug-likeness (QED) is 0.563. The highest BCUT2D eigenvalue weighted by molar-refractivity contribution is 7.89. The fourth-order valence-electron chi connectivity index (χ4n) is 4.12. The van der Waals surface area contributed by atoms with Crippen LogP contribution in [0.5, 0.6) is 11.5 Å². The van der Waals surface area contributed by atoms with Gasteiger partial charge < -0.3 is 14.8 Å². The Hall–Kier alpha value is -3.18. The van der Waals surface area contributed by atoms with E-state index >= 15 is 0 Å². The number of aryl methyl sites for hydroxylation is 1. The number of benzene rings is 2. The summed E-state index contributed by atoms with van der Waals surface area (Å²) in [4.78, 5) is 12.6. The summed E-state index contributed by atoms with van der Waals surface area (Å²) < 4.78 is 39.6. The van der Waals surface area contributed by atoms with Crippen LogP contribution in [0.3, 0.4) is 0 Å². The first-order valence-corrected chi connectivity index (χ1v) is 12.5. The predicted octanol–water partition coefficient (Wildman–Crippen LogP) is 2.75. The highest BCUT2D eigenvalue weighted by Crippen LogP contribution is 2.34. The summed E-state index contributed by atoms with van der Waals surface area (Å²) in [6.07, 6.45) is 3.70. The van der Waals surface area contributed by atoms with Gasteiger partial charge in [-0.1, -0.05) is 11.6 Å². The highest BCUT2D eigenvalue weighted by atomic mass is 32.2. The Morgan fingerprint density at radius 3 is 2.70 bits per heavy atom. The molecule has 2 aliphatic rings. The molecule has 1 fully saturated rings. The Morgan fingerprint density at radius 2 is 1.85 bits per heavy atom. The van der Waals surface area contributed by atoms with Crippen LogP contribution in [0.15, 0.2) is 41.3 Å². The number of anilines is 1. The first-order valence-electron chi connectivity index (χ1n) is 11.0. The summed E-state index contributed by atoms with van der Waals surface area (Å²) in [7, 11) is -3.52. The third-order valence-electron chi connectivity index (χ3n) is 5.87. The Bertz CT molecular complexity index is 1280. The van der Waals surface area contributed by atoms with Gasteiger partial charge in [0, 0.05) is 37.8 Å². The number of carbonyl (C=O) groups is 1. The first-order chi connectivity index (χ1) is 16.0. The van der Waals surface area contributed by atoms with E-state index in [0.29, 0.717) is 55.2 Å².